The first-order valence-electron chi connectivity index (χ1n) is 7.50. The highest BCUT2D eigenvalue weighted by atomic mass is 35.5. The van der Waals surface area contributed by atoms with Crippen LogP contribution in [0.3, 0.4) is 0 Å². The summed E-state index contributed by atoms with van der Waals surface area (Å²) >= 11 is 6.06. The molecule has 0 atom stereocenters. The van der Waals surface area contributed by atoms with E-state index in [1.54, 1.807) is 13.2 Å². The van der Waals surface area contributed by atoms with Crippen LogP contribution in [0.4, 0.5) is 0 Å². The van der Waals surface area contributed by atoms with Gasteiger partial charge in [0.2, 0.25) is 5.91 Å². The fourth-order valence-corrected chi connectivity index (χ4v) is 2.93. The Hall–Kier alpha value is -1.30. The van der Waals surface area contributed by atoms with E-state index in [-0.39, 0.29) is 12.3 Å². The van der Waals surface area contributed by atoms with E-state index in [1.165, 1.54) is 0 Å². The lowest BCUT2D eigenvalue weighted by Gasteiger charge is -2.26. The Labute approximate surface area is 136 Å². The molecule has 0 aromatic heterocycles. The van der Waals surface area contributed by atoms with Crippen LogP contribution in [0.5, 0.6) is 5.75 Å². The maximum absolute atomic E-state index is 12.1. The number of hydrogen-bond donors (Lipinski definition) is 1. The molecule has 1 heterocycles. The quantitative estimate of drug-likeness (QED) is 0.863. The van der Waals surface area contributed by atoms with Crippen LogP contribution in [0.1, 0.15) is 11.1 Å². The molecule has 1 saturated heterocycles. The number of hydrogen-bond acceptors (Lipinski definition) is 4. The van der Waals surface area contributed by atoms with Gasteiger partial charge in [-0.1, -0.05) is 11.6 Å². The number of methoxy groups -OCH3 is 1. The average Bonchev–Trinajstić information content (AvgIpc) is 2.48. The van der Waals surface area contributed by atoms with Gasteiger partial charge in [0.05, 0.1) is 26.7 Å². The van der Waals surface area contributed by atoms with Gasteiger partial charge in [-0.3, -0.25) is 9.69 Å². The van der Waals surface area contributed by atoms with E-state index in [4.69, 9.17) is 21.1 Å². The summed E-state index contributed by atoms with van der Waals surface area (Å²) in [5, 5.41) is 3.57. The van der Waals surface area contributed by atoms with Crippen molar-refractivity contribution in [2.75, 3.05) is 46.5 Å². The molecule has 0 saturated carbocycles. The first-order chi connectivity index (χ1) is 10.6. The highest BCUT2D eigenvalue weighted by Gasteiger charge is 2.13. The minimum absolute atomic E-state index is 0.0202. The van der Waals surface area contributed by atoms with Crippen LogP contribution < -0.4 is 10.1 Å². The Balaban J connectivity index is 1.84. The predicted molar refractivity (Wildman–Crippen MR) is 86.7 cm³/mol. The van der Waals surface area contributed by atoms with Gasteiger partial charge in [0.25, 0.3) is 0 Å². The van der Waals surface area contributed by atoms with Crippen molar-refractivity contribution in [2.45, 2.75) is 13.3 Å². The van der Waals surface area contributed by atoms with Crippen molar-refractivity contribution >= 4 is 17.5 Å². The zero-order chi connectivity index (χ0) is 15.9. The van der Waals surface area contributed by atoms with Crippen LogP contribution in [-0.2, 0) is 16.0 Å². The number of carbonyl (C=O) groups is 1. The summed E-state index contributed by atoms with van der Waals surface area (Å²) in [6.07, 6.45) is 0.272. The van der Waals surface area contributed by atoms with E-state index in [0.29, 0.717) is 11.6 Å². The Bertz CT molecular complexity index is 516. The normalized spacial score (nSPS) is 15.6. The number of aryl methyl sites for hydroxylation is 1. The largest absolute Gasteiger partial charge is 0.496 e. The molecule has 1 N–H and O–H groups in total. The highest BCUT2D eigenvalue weighted by Crippen LogP contribution is 2.27. The number of amides is 1. The number of rotatable bonds is 6. The number of ether oxygens (including phenoxy) is 2. The summed E-state index contributed by atoms with van der Waals surface area (Å²) in [6, 6.07) is 3.62. The summed E-state index contributed by atoms with van der Waals surface area (Å²) in [7, 11) is 1.61. The topological polar surface area (TPSA) is 50.8 Å². The Morgan fingerprint density at radius 2 is 2.14 bits per heavy atom. The molecule has 1 aromatic carbocycles. The summed E-state index contributed by atoms with van der Waals surface area (Å²) in [5.74, 6) is 0.709. The van der Waals surface area contributed by atoms with Crippen LogP contribution in [-0.4, -0.2) is 57.3 Å². The fourth-order valence-electron chi connectivity index (χ4n) is 2.64. The lowest BCUT2D eigenvalue weighted by Crippen LogP contribution is -2.41. The molecule has 5 nitrogen and oxygen atoms in total. The molecule has 6 heteroatoms. The van der Waals surface area contributed by atoms with Gasteiger partial charge in [-0.2, -0.15) is 0 Å². The molecular formula is C16H23ClN2O3. The zero-order valence-electron chi connectivity index (χ0n) is 13.2. The van der Waals surface area contributed by atoms with E-state index < -0.39 is 0 Å². The highest BCUT2D eigenvalue weighted by molar-refractivity contribution is 6.30. The van der Waals surface area contributed by atoms with E-state index in [9.17, 15) is 4.79 Å². The second-order valence-corrected chi connectivity index (χ2v) is 5.83. The predicted octanol–water partition coefficient (Wildman–Crippen LogP) is 1.65. The number of carbonyl (C=O) groups excluding carboxylic acids is 1. The molecule has 22 heavy (non-hydrogen) atoms. The summed E-state index contributed by atoms with van der Waals surface area (Å²) in [5.41, 5.74) is 1.75. The molecule has 0 unspecified atom stereocenters. The first-order valence-corrected chi connectivity index (χ1v) is 7.87. The average molecular weight is 327 g/mol. The molecule has 0 bridgehead atoms. The minimum atomic E-state index is -0.0202. The molecule has 1 amide bonds. The second kappa shape index (κ2) is 8.36. The molecule has 122 valence electrons. The maximum Gasteiger partial charge on any atom is 0.224 e. The van der Waals surface area contributed by atoms with Gasteiger partial charge in [0.15, 0.2) is 0 Å². The summed E-state index contributed by atoms with van der Waals surface area (Å²) < 4.78 is 10.7. The summed E-state index contributed by atoms with van der Waals surface area (Å²) in [6.45, 7) is 6.81. The van der Waals surface area contributed by atoms with Gasteiger partial charge in [-0.25, -0.2) is 0 Å². The van der Waals surface area contributed by atoms with Crippen LogP contribution >= 0.6 is 11.6 Å². The van der Waals surface area contributed by atoms with E-state index in [2.05, 4.69) is 10.2 Å². The van der Waals surface area contributed by atoms with Crippen molar-refractivity contribution in [3.05, 3.63) is 28.3 Å². The molecule has 1 aromatic rings. The minimum Gasteiger partial charge on any atom is -0.496 e. The van der Waals surface area contributed by atoms with Gasteiger partial charge in [-0.15, -0.1) is 0 Å². The van der Waals surface area contributed by atoms with Crippen LogP contribution in [0.15, 0.2) is 12.1 Å². The van der Waals surface area contributed by atoms with Gasteiger partial charge in [-0.05, 0) is 24.6 Å². The molecule has 0 spiro atoms. The first kappa shape index (κ1) is 17.1. The maximum atomic E-state index is 12.1. The smallest absolute Gasteiger partial charge is 0.224 e. The second-order valence-electron chi connectivity index (χ2n) is 5.40. The monoisotopic (exact) mass is 326 g/mol. The Kier molecular flexibility index (Phi) is 6.49. The number of nitrogens with one attached hydrogen (secondary N) is 1. The molecular weight excluding hydrogens is 304 g/mol. The standard InChI is InChI=1S/C16H23ClN2O3/c1-12-9-14(17)10-13(16(12)21-2)11-15(20)18-3-4-19-5-7-22-8-6-19/h9-10H,3-8,11H2,1-2H3,(H,18,20). The van der Waals surface area contributed by atoms with Crippen molar-refractivity contribution in [1.29, 1.82) is 0 Å². The molecule has 0 radical (unpaired) electrons. The molecule has 1 aliphatic rings. The number of nitrogens with zero attached hydrogens (tertiary/aromatic N) is 1. The van der Waals surface area contributed by atoms with Crippen LogP contribution in [0.25, 0.3) is 0 Å². The van der Waals surface area contributed by atoms with Crippen molar-refractivity contribution in [2.24, 2.45) is 0 Å². The van der Waals surface area contributed by atoms with Crippen LogP contribution in [0.2, 0.25) is 5.02 Å². The van der Waals surface area contributed by atoms with E-state index in [0.717, 1.165) is 49.7 Å². The van der Waals surface area contributed by atoms with Gasteiger partial charge < -0.3 is 14.8 Å². The van der Waals surface area contributed by atoms with Crippen molar-refractivity contribution in [1.82, 2.24) is 10.2 Å². The van der Waals surface area contributed by atoms with Crippen molar-refractivity contribution in [3.8, 4) is 5.75 Å². The van der Waals surface area contributed by atoms with Gasteiger partial charge >= 0.3 is 0 Å². The third-order valence-electron chi connectivity index (χ3n) is 3.73. The number of morpholine rings is 1. The van der Waals surface area contributed by atoms with E-state index in [1.807, 2.05) is 13.0 Å². The number of halogens is 1. The third kappa shape index (κ3) is 4.87. The SMILES string of the molecule is COc1c(C)cc(Cl)cc1CC(=O)NCCN1CCOCC1. The zero-order valence-corrected chi connectivity index (χ0v) is 13.9. The van der Waals surface area contributed by atoms with Gasteiger partial charge in [0.1, 0.15) is 5.75 Å². The Morgan fingerprint density at radius 1 is 1.41 bits per heavy atom. The molecule has 0 aliphatic carbocycles. The molecule has 1 aliphatic heterocycles. The third-order valence-corrected chi connectivity index (χ3v) is 3.94. The van der Waals surface area contributed by atoms with Crippen molar-refractivity contribution in [3.63, 3.8) is 0 Å². The molecule has 1 fully saturated rings. The fraction of sp³-hybridized carbons (Fsp3) is 0.562. The summed E-state index contributed by atoms with van der Waals surface area (Å²) in [4.78, 5) is 14.4. The Morgan fingerprint density at radius 3 is 2.82 bits per heavy atom. The van der Waals surface area contributed by atoms with E-state index >= 15 is 0 Å². The molecule has 2 rings (SSSR count). The lowest BCUT2D eigenvalue weighted by molar-refractivity contribution is -0.120. The van der Waals surface area contributed by atoms with Gasteiger partial charge in [0, 0.05) is 36.8 Å². The lowest BCUT2D eigenvalue weighted by atomic mass is 10.1. The van der Waals surface area contributed by atoms with Crippen LogP contribution in [0, 0.1) is 6.92 Å². The van der Waals surface area contributed by atoms with Crippen molar-refractivity contribution < 1.29 is 14.3 Å². The number of benzene rings is 1.